The van der Waals surface area contributed by atoms with E-state index in [1.165, 1.54) is 12.1 Å². The van der Waals surface area contributed by atoms with Crippen LogP contribution >= 0.6 is 11.6 Å². The normalized spacial score (nSPS) is 14.1. The van der Waals surface area contributed by atoms with Gasteiger partial charge in [-0.15, -0.1) is 0 Å². The van der Waals surface area contributed by atoms with E-state index in [-0.39, 0.29) is 5.02 Å². The smallest absolute Gasteiger partial charge is 0.323 e. The predicted octanol–water partition coefficient (Wildman–Crippen LogP) is 2.92. The van der Waals surface area contributed by atoms with E-state index in [4.69, 9.17) is 17.3 Å². The van der Waals surface area contributed by atoms with Crippen LogP contribution in [0.3, 0.4) is 0 Å². The fraction of sp³-hybridized carbons (Fsp3) is 0.455. The van der Waals surface area contributed by atoms with Gasteiger partial charge in [-0.25, -0.2) is 0 Å². The van der Waals surface area contributed by atoms with Crippen molar-refractivity contribution in [1.29, 1.82) is 0 Å². The van der Waals surface area contributed by atoms with Gasteiger partial charge in [-0.2, -0.15) is 13.2 Å². The van der Waals surface area contributed by atoms with E-state index in [0.717, 1.165) is 6.07 Å². The molecule has 0 aliphatic carbocycles. The molecule has 0 aromatic heterocycles. The van der Waals surface area contributed by atoms with Gasteiger partial charge in [0.2, 0.25) is 0 Å². The van der Waals surface area contributed by atoms with Crippen LogP contribution in [-0.4, -0.2) is 25.5 Å². The highest BCUT2D eigenvalue weighted by atomic mass is 35.5. The van der Waals surface area contributed by atoms with Crippen LogP contribution in [0.25, 0.3) is 0 Å². The summed E-state index contributed by atoms with van der Waals surface area (Å²) in [6.45, 7) is 0.471. The van der Waals surface area contributed by atoms with Crippen molar-refractivity contribution in [3.63, 3.8) is 0 Å². The lowest BCUT2D eigenvalue weighted by molar-refractivity contribution is -0.137. The third-order valence-electron chi connectivity index (χ3n) is 2.29. The molecule has 0 amide bonds. The molecule has 0 unspecified atom stereocenters. The van der Waals surface area contributed by atoms with Gasteiger partial charge >= 0.3 is 6.18 Å². The molecule has 0 radical (unpaired) electrons. The van der Waals surface area contributed by atoms with Crippen molar-refractivity contribution in [2.75, 3.05) is 20.6 Å². The molecule has 1 aromatic rings. The summed E-state index contributed by atoms with van der Waals surface area (Å²) >= 11 is 5.52. The molecular formula is C11H14ClF3N2. The summed E-state index contributed by atoms with van der Waals surface area (Å²) in [5.74, 6) is 0. The Morgan fingerprint density at radius 2 is 1.94 bits per heavy atom. The molecule has 0 fully saturated rings. The van der Waals surface area contributed by atoms with E-state index in [9.17, 15) is 13.2 Å². The lowest BCUT2D eigenvalue weighted by Gasteiger charge is -2.19. The Bertz CT molecular complexity index is 391. The van der Waals surface area contributed by atoms with Gasteiger partial charge < -0.3 is 10.6 Å². The Labute approximate surface area is 103 Å². The minimum Gasteiger partial charge on any atom is -0.323 e. The lowest BCUT2D eigenvalue weighted by Crippen LogP contribution is -2.26. The average Bonchev–Trinajstić information content (AvgIpc) is 2.15. The van der Waals surface area contributed by atoms with Crippen LogP contribution < -0.4 is 5.73 Å². The molecule has 6 heteroatoms. The summed E-state index contributed by atoms with van der Waals surface area (Å²) in [5, 5.41) is -0.307. The zero-order chi connectivity index (χ0) is 13.2. The molecule has 0 aliphatic rings. The maximum absolute atomic E-state index is 12.6. The second-order valence-electron chi connectivity index (χ2n) is 4.11. The molecule has 0 aliphatic heterocycles. The topological polar surface area (TPSA) is 29.3 Å². The van der Waals surface area contributed by atoms with Crippen LogP contribution in [-0.2, 0) is 6.18 Å². The molecule has 0 heterocycles. The second kappa shape index (κ2) is 5.25. The summed E-state index contributed by atoms with van der Waals surface area (Å²) in [5.41, 5.74) is 5.39. The van der Waals surface area contributed by atoms with Crippen molar-refractivity contribution >= 4 is 11.6 Å². The number of hydrogen-bond donors (Lipinski definition) is 1. The predicted molar refractivity (Wildman–Crippen MR) is 61.9 cm³/mol. The zero-order valence-electron chi connectivity index (χ0n) is 9.55. The van der Waals surface area contributed by atoms with E-state index >= 15 is 0 Å². The van der Waals surface area contributed by atoms with Crippen LogP contribution in [0.2, 0.25) is 5.02 Å². The Kier molecular flexibility index (Phi) is 4.41. The summed E-state index contributed by atoms with van der Waals surface area (Å²) in [6, 6.07) is 3.29. The highest BCUT2D eigenvalue weighted by molar-refractivity contribution is 6.31. The van der Waals surface area contributed by atoms with Crippen LogP contribution in [0.15, 0.2) is 18.2 Å². The Balaban J connectivity index is 3.04. The molecule has 96 valence electrons. The summed E-state index contributed by atoms with van der Waals surface area (Å²) in [6.07, 6.45) is -4.45. The molecule has 0 saturated heterocycles. The maximum Gasteiger partial charge on any atom is 0.417 e. The van der Waals surface area contributed by atoms with Crippen LogP contribution in [0.4, 0.5) is 13.2 Å². The van der Waals surface area contributed by atoms with E-state index < -0.39 is 17.8 Å². The van der Waals surface area contributed by atoms with Gasteiger partial charge in [-0.3, -0.25) is 0 Å². The van der Waals surface area contributed by atoms with Crippen LogP contribution in [0.1, 0.15) is 17.2 Å². The third-order valence-corrected chi connectivity index (χ3v) is 2.62. The van der Waals surface area contributed by atoms with Gasteiger partial charge in [0.1, 0.15) is 0 Å². The first-order chi connectivity index (χ1) is 7.71. The van der Waals surface area contributed by atoms with E-state index in [2.05, 4.69) is 0 Å². The molecule has 2 nitrogen and oxygen atoms in total. The summed E-state index contributed by atoms with van der Waals surface area (Å²) in [7, 11) is 3.61. The van der Waals surface area contributed by atoms with Gasteiger partial charge in [0.05, 0.1) is 10.6 Å². The standard InChI is InChI=1S/C11H14ClF3N2/c1-17(2)6-10(16)7-3-4-9(12)8(5-7)11(13,14)15/h3-5,10H,6,16H2,1-2H3/t10-/m1/s1. The second-order valence-corrected chi connectivity index (χ2v) is 4.51. The SMILES string of the molecule is CN(C)C[C@@H](N)c1ccc(Cl)c(C(F)(F)F)c1. The molecule has 1 atom stereocenters. The number of hydrogen-bond acceptors (Lipinski definition) is 2. The minimum absolute atomic E-state index is 0.307. The Hall–Kier alpha value is -0.780. The van der Waals surface area contributed by atoms with Crippen molar-refractivity contribution in [3.8, 4) is 0 Å². The van der Waals surface area contributed by atoms with Crippen molar-refractivity contribution in [1.82, 2.24) is 4.90 Å². The molecule has 1 rings (SSSR count). The summed E-state index contributed by atoms with van der Waals surface area (Å²) in [4.78, 5) is 1.81. The minimum atomic E-state index is -4.45. The maximum atomic E-state index is 12.6. The molecule has 0 saturated carbocycles. The van der Waals surface area contributed by atoms with Crippen molar-refractivity contribution in [2.24, 2.45) is 5.73 Å². The van der Waals surface area contributed by atoms with Gasteiger partial charge in [-0.1, -0.05) is 17.7 Å². The average molecular weight is 267 g/mol. The number of alkyl halides is 3. The first kappa shape index (κ1) is 14.3. The first-order valence-electron chi connectivity index (χ1n) is 4.98. The molecule has 1 aromatic carbocycles. The highest BCUT2D eigenvalue weighted by Gasteiger charge is 2.33. The van der Waals surface area contributed by atoms with E-state index in [1.54, 1.807) is 14.1 Å². The van der Waals surface area contributed by atoms with Crippen LogP contribution in [0, 0.1) is 0 Å². The third kappa shape index (κ3) is 3.87. The largest absolute Gasteiger partial charge is 0.417 e. The molecule has 2 N–H and O–H groups in total. The lowest BCUT2D eigenvalue weighted by atomic mass is 10.0. The monoisotopic (exact) mass is 266 g/mol. The van der Waals surface area contributed by atoms with Crippen LogP contribution in [0.5, 0.6) is 0 Å². The number of nitrogens with two attached hydrogens (primary N) is 1. The number of halogens is 4. The first-order valence-corrected chi connectivity index (χ1v) is 5.36. The molecule has 17 heavy (non-hydrogen) atoms. The van der Waals surface area contributed by atoms with Gasteiger partial charge in [0, 0.05) is 12.6 Å². The van der Waals surface area contributed by atoms with Gasteiger partial charge in [0.25, 0.3) is 0 Å². The Morgan fingerprint density at radius 1 is 1.35 bits per heavy atom. The van der Waals surface area contributed by atoms with E-state index in [1.807, 2.05) is 4.90 Å². The van der Waals surface area contributed by atoms with Crippen molar-refractivity contribution in [3.05, 3.63) is 34.3 Å². The zero-order valence-corrected chi connectivity index (χ0v) is 10.3. The quantitative estimate of drug-likeness (QED) is 0.911. The fourth-order valence-corrected chi connectivity index (χ4v) is 1.71. The number of benzene rings is 1. The summed E-state index contributed by atoms with van der Waals surface area (Å²) < 4.78 is 37.9. The number of likely N-dealkylation sites (N-methyl/N-ethyl adjacent to an activating group) is 1. The highest BCUT2D eigenvalue weighted by Crippen LogP contribution is 2.35. The van der Waals surface area contributed by atoms with Crippen molar-refractivity contribution < 1.29 is 13.2 Å². The van der Waals surface area contributed by atoms with Gasteiger partial charge in [0.15, 0.2) is 0 Å². The molecular weight excluding hydrogens is 253 g/mol. The molecule has 0 bridgehead atoms. The van der Waals surface area contributed by atoms with Crippen molar-refractivity contribution in [2.45, 2.75) is 12.2 Å². The van der Waals surface area contributed by atoms with Gasteiger partial charge in [-0.05, 0) is 31.8 Å². The number of rotatable bonds is 3. The fourth-order valence-electron chi connectivity index (χ4n) is 1.49. The molecule has 0 spiro atoms. The Morgan fingerprint density at radius 3 is 2.41 bits per heavy atom. The van der Waals surface area contributed by atoms with E-state index in [0.29, 0.717) is 12.1 Å². The number of nitrogens with zero attached hydrogens (tertiary/aromatic N) is 1.